The minimum Gasteiger partial charge on any atom is -0.467 e. The second-order valence-corrected chi connectivity index (χ2v) is 9.48. The summed E-state index contributed by atoms with van der Waals surface area (Å²) in [6.07, 6.45) is 9.56. The molecule has 1 atom stereocenters. The zero-order valence-corrected chi connectivity index (χ0v) is 18.9. The molecule has 1 N–H and O–H groups in total. The highest BCUT2D eigenvalue weighted by Crippen LogP contribution is 2.35. The molecule has 2 amide bonds. The van der Waals surface area contributed by atoms with Crippen molar-refractivity contribution in [3.05, 3.63) is 47.7 Å². The molecule has 3 aromatic heterocycles. The molecular formula is C25H31N3O4. The Hall–Kier alpha value is -2.96. The Bertz CT molecular complexity index is 1120. The Morgan fingerprint density at radius 1 is 1.19 bits per heavy atom. The summed E-state index contributed by atoms with van der Waals surface area (Å²) in [5.74, 6) is 1.15. The van der Waals surface area contributed by atoms with E-state index in [2.05, 4.69) is 5.32 Å². The normalized spacial score (nSPS) is 22.6. The third kappa shape index (κ3) is 3.63. The molecule has 0 spiro atoms. The number of aryl methyl sites for hydroxylation is 1. The molecule has 2 aliphatic rings. The summed E-state index contributed by atoms with van der Waals surface area (Å²) in [4.78, 5) is 29.1. The highest BCUT2D eigenvalue weighted by molar-refractivity contribution is 6.03. The van der Waals surface area contributed by atoms with E-state index in [-0.39, 0.29) is 24.4 Å². The molecule has 0 aromatic carbocycles. The molecule has 0 bridgehead atoms. The Kier molecular flexibility index (Phi) is 5.35. The number of carbonyl (C=O) groups excluding carboxylic acids is 2. The molecule has 170 valence electrons. The van der Waals surface area contributed by atoms with Gasteiger partial charge in [0.1, 0.15) is 22.8 Å². The van der Waals surface area contributed by atoms with E-state index in [4.69, 9.17) is 8.83 Å². The van der Waals surface area contributed by atoms with Gasteiger partial charge >= 0.3 is 0 Å². The van der Waals surface area contributed by atoms with E-state index in [1.165, 1.54) is 19.3 Å². The lowest BCUT2D eigenvalue weighted by Gasteiger charge is -2.44. The fraction of sp³-hybridized carbons (Fsp3) is 0.520. The van der Waals surface area contributed by atoms with Gasteiger partial charge in [0.15, 0.2) is 5.58 Å². The summed E-state index contributed by atoms with van der Waals surface area (Å²) in [7, 11) is 0. The molecule has 4 heterocycles. The molecule has 3 aromatic rings. The third-order valence-corrected chi connectivity index (χ3v) is 7.06. The minimum absolute atomic E-state index is 0.101. The van der Waals surface area contributed by atoms with Gasteiger partial charge in [-0.1, -0.05) is 32.1 Å². The first-order valence-electron chi connectivity index (χ1n) is 11.7. The Labute approximate surface area is 187 Å². The predicted octanol–water partition coefficient (Wildman–Crippen LogP) is 4.78. The molecule has 0 unspecified atom stereocenters. The summed E-state index contributed by atoms with van der Waals surface area (Å²) < 4.78 is 13.2. The van der Waals surface area contributed by atoms with Crippen molar-refractivity contribution in [2.75, 3.05) is 0 Å². The van der Waals surface area contributed by atoms with E-state index in [0.29, 0.717) is 23.6 Å². The average molecular weight is 438 g/mol. The van der Waals surface area contributed by atoms with Crippen molar-refractivity contribution in [1.29, 1.82) is 0 Å². The lowest BCUT2D eigenvalue weighted by atomic mass is 9.92. The zero-order chi connectivity index (χ0) is 22.3. The Balaban J connectivity index is 1.50. The molecule has 0 radical (unpaired) electrons. The van der Waals surface area contributed by atoms with Crippen LogP contribution in [0.3, 0.4) is 0 Å². The van der Waals surface area contributed by atoms with Crippen LogP contribution in [0.4, 0.5) is 0 Å². The average Bonchev–Trinajstić information content (AvgIpc) is 3.44. The molecule has 1 fully saturated rings. The number of hydrogen-bond donors (Lipinski definition) is 1. The summed E-state index contributed by atoms with van der Waals surface area (Å²) in [5.41, 5.74) is 1.03. The standard InChI is InChI=1S/C25H31N3O4/c1-17-13-20-22(32-17)14-21-23(29)28(15-19-11-8-12-31-19)25(2,16-27(20)21)24(30)26-18-9-6-4-3-5-7-10-18/h8,11-14,18H,3-7,9-10,15-16H2,1-2H3,(H,26,30)/t25-/m0/s1. The first kappa shape index (κ1) is 20.9. The number of amides is 2. The number of hydrogen-bond acceptors (Lipinski definition) is 4. The molecule has 1 aliphatic heterocycles. The van der Waals surface area contributed by atoms with Crippen LogP contribution in [0.15, 0.2) is 39.4 Å². The van der Waals surface area contributed by atoms with Crippen LogP contribution in [-0.4, -0.2) is 32.9 Å². The summed E-state index contributed by atoms with van der Waals surface area (Å²) >= 11 is 0. The predicted molar refractivity (Wildman–Crippen MR) is 120 cm³/mol. The third-order valence-electron chi connectivity index (χ3n) is 7.06. The van der Waals surface area contributed by atoms with Crippen molar-refractivity contribution in [2.45, 2.75) is 83.5 Å². The Morgan fingerprint density at radius 2 is 1.94 bits per heavy atom. The maximum atomic E-state index is 13.8. The summed E-state index contributed by atoms with van der Waals surface area (Å²) in [6.45, 7) is 4.37. The molecule has 5 rings (SSSR count). The van der Waals surface area contributed by atoms with Crippen molar-refractivity contribution in [3.63, 3.8) is 0 Å². The first-order valence-corrected chi connectivity index (χ1v) is 11.7. The maximum absolute atomic E-state index is 13.8. The van der Waals surface area contributed by atoms with Crippen molar-refractivity contribution >= 4 is 22.9 Å². The number of aromatic nitrogens is 1. The van der Waals surface area contributed by atoms with E-state index in [1.54, 1.807) is 23.3 Å². The van der Waals surface area contributed by atoms with Crippen molar-refractivity contribution < 1.29 is 18.4 Å². The van der Waals surface area contributed by atoms with Crippen LogP contribution >= 0.6 is 0 Å². The van der Waals surface area contributed by atoms with E-state index < -0.39 is 5.54 Å². The van der Waals surface area contributed by atoms with Gasteiger partial charge in [-0.15, -0.1) is 0 Å². The molecule has 1 saturated carbocycles. The van der Waals surface area contributed by atoms with Gasteiger partial charge in [0.25, 0.3) is 5.91 Å². The van der Waals surface area contributed by atoms with Crippen LogP contribution in [0.2, 0.25) is 0 Å². The number of rotatable bonds is 4. The van der Waals surface area contributed by atoms with Gasteiger partial charge in [-0.3, -0.25) is 9.59 Å². The van der Waals surface area contributed by atoms with E-state index in [0.717, 1.165) is 37.0 Å². The number of fused-ring (bicyclic) bond motifs is 3. The molecule has 0 saturated heterocycles. The molecule has 32 heavy (non-hydrogen) atoms. The van der Waals surface area contributed by atoms with Crippen LogP contribution in [0, 0.1) is 6.92 Å². The lowest BCUT2D eigenvalue weighted by Crippen LogP contribution is -2.64. The molecule has 1 aliphatic carbocycles. The van der Waals surface area contributed by atoms with Gasteiger partial charge in [0, 0.05) is 18.2 Å². The molecular weight excluding hydrogens is 406 g/mol. The number of furan rings is 2. The van der Waals surface area contributed by atoms with Crippen LogP contribution in [0.1, 0.15) is 73.9 Å². The largest absolute Gasteiger partial charge is 0.467 e. The maximum Gasteiger partial charge on any atom is 0.272 e. The van der Waals surface area contributed by atoms with Crippen LogP contribution < -0.4 is 5.32 Å². The Morgan fingerprint density at radius 3 is 2.66 bits per heavy atom. The van der Waals surface area contributed by atoms with Crippen molar-refractivity contribution in [2.24, 2.45) is 0 Å². The number of nitrogens with zero attached hydrogens (tertiary/aromatic N) is 2. The van der Waals surface area contributed by atoms with Gasteiger partial charge in [-0.05, 0) is 38.8 Å². The van der Waals surface area contributed by atoms with Gasteiger partial charge in [0.05, 0.1) is 24.9 Å². The second-order valence-electron chi connectivity index (χ2n) is 9.48. The van der Waals surface area contributed by atoms with Gasteiger partial charge in [0.2, 0.25) is 5.91 Å². The fourth-order valence-corrected chi connectivity index (χ4v) is 5.21. The van der Waals surface area contributed by atoms with E-state index >= 15 is 0 Å². The fourth-order valence-electron chi connectivity index (χ4n) is 5.21. The minimum atomic E-state index is -1.05. The highest BCUT2D eigenvalue weighted by atomic mass is 16.3. The monoisotopic (exact) mass is 437 g/mol. The molecule has 7 heteroatoms. The van der Waals surface area contributed by atoms with Gasteiger partial charge in [-0.25, -0.2) is 0 Å². The summed E-state index contributed by atoms with van der Waals surface area (Å²) in [5, 5.41) is 3.30. The van der Waals surface area contributed by atoms with Crippen molar-refractivity contribution in [3.8, 4) is 0 Å². The lowest BCUT2D eigenvalue weighted by molar-refractivity contribution is -0.134. The van der Waals surface area contributed by atoms with Gasteiger partial charge < -0.3 is 23.6 Å². The smallest absolute Gasteiger partial charge is 0.272 e. The zero-order valence-electron chi connectivity index (χ0n) is 18.9. The number of carbonyl (C=O) groups is 2. The van der Waals surface area contributed by atoms with Crippen LogP contribution in [0.25, 0.3) is 11.1 Å². The topological polar surface area (TPSA) is 80.6 Å². The highest BCUT2D eigenvalue weighted by Gasteiger charge is 2.48. The van der Waals surface area contributed by atoms with Crippen LogP contribution in [-0.2, 0) is 17.9 Å². The van der Waals surface area contributed by atoms with E-state index in [1.807, 2.05) is 30.5 Å². The number of nitrogens with one attached hydrogen (secondary N) is 1. The first-order chi connectivity index (χ1) is 15.5. The van der Waals surface area contributed by atoms with E-state index in [9.17, 15) is 9.59 Å². The second kappa shape index (κ2) is 8.19. The van der Waals surface area contributed by atoms with Crippen molar-refractivity contribution in [1.82, 2.24) is 14.8 Å². The van der Waals surface area contributed by atoms with Gasteiger partial charge in [-0.2, -0.15) is 0 Å². The SMILES string of the molecule is Cc1cc2c(cc3n2C[C@@](C)(C(=O)NC2CCCCCCC2)N(Cc2ccco2)C3=O)o1. The quantitative estimate of drug-likeness (QED) is 0.637. The van der Waals surface area contributed by atoms with Crippen LogP contribution in [0.5, 0.6) is 0 Å². The summed E-state index contributed by atoms with van der Waals surface area (Å²) in [6, 6.07) is 7.51. The molecule has 7 nitrogen and oxygen atoms in total.